The summed E-state index contributed by atoms with van der Waals surface area (Å²) >= 11 is 0. The summed E-state index contributed by atoms with van der Waals surface area (Å²) in [5.74, 6) is 0. The fourth-order valence-corrected chi connectivity index (χ4v) is 2.32. The monoisotopic (exact) mass is 267 g/mol. The molecule has 18 heavy (non-hydrogen) atoms. The van der Waals surface area contributed by atoms with Gasteiger partial charge in [0.1, 0.15) is 0 Å². The first-order valence-electron chi connectivity index (χ1n) is 5.68. The van der Waals surface area contributed by atoms with E-state index in [2.05, 4.69) is 4.72 Å². The number of rotatable bonds is 7. The van der Waals surface area contributed by atoms with Crippen LogP contribution >= 0.6 is 0 Å². The predicted molar refractivity (Wildman–Crippen MR) is 69.9 cm³/mol. The standard InChI is InChI=1S/C12H17N3O2S/c1-15(11-5-9-13)18(16,17)14-10-8-12-6-3-2-4-7-12/h2-4,6-7,14H,5,8,10-11H2,1H3. The van der Waals surface area contributed by atoms with Crippen LogP contribution in [-0.4, -0.2) is 32.9 Å². The van der Waals surface area contributed by atoms with Gasteiger partial charge in [0.2, 0.25) is 0 Å². The third-order valence-corrected chi connectivity index (χ3v) is 4.06. The van der Waals surface area contributed by atoms with Crippen molar-refractivity contribution >= 4 is 10.2 Å². The Labute approximate surface area is 108 Å². The molecule has 0 fully saturated rings. The molecule has 0 saturated carbocycles. The summed E-state index contributed by atoms with van der Waals surface area (Å²) in [4.78, 5) is 0. The van der Waals surface area contributed by atoms with Crippen LogP contribution < -0.4 is 4.72 Å². The summed E-state index contributed by atoms with van der Waals surface area (Å²) in [6.45, 7) is 0.556. The molecule has 0 aliphatic heterocycles. The Hall–Kier alpha value is -1.42. The number of benzene rings is 1. The van der Waals surface area contributed by atoms with Crippen LogP contribution in [0.2, 0.25) is 0 Å². The summed E-state index contributed by atoms with van der Waals surface area (Å²) in [6.07, 6.45) is 0.836. The Morgan fingerprint density at radius 1 is 1.33 bits per heavy atom. The highest BCUT2D eigenvalue weighted by molar-refractivity contribution is 7.87. The maximum absolute atomic E-state index is 11.7. The summed E-state index contributed by atoms with van der Waals surface area (Å²) in [5, 5.41) is 8.41. The summed E-state index contributed by atoms with van der Waals surface area (Å²) in [7, 11) is -2.01. The van der Waals surface area contributed by atoms with E-state index in [-0.39, 0.29) is 13.0 Å². The molecule has 5 nitrogen and oxygen atoms in total. The quantitative estimate of drug-likeness (QED) is 0.798. The molecule has 0 atom stereocenters. The first-order chi connectivity index (χ1) is 8.56. The molecule has 98 valence electrons. The molecule has 0 aromatic heterocycles. The maximum atomic E-state index is 11.7. The van der Waals surface area contributed by atoms with Crippen molar-refractivity contribution < 1.29 is 8.42 Å². The highest BCUT2D eigenvalue weighted by atomic mass is 32.2. The van der Waals surface area contributed by atoms with Gasteiger partial charge in [-0.05, 0) is 12.0 Å². The molecule has 0 heterocycles. The number of nitriles is 1. The van der Waals surface area contributed by atoms with E-state index in [1.165, 1.54) is 7.05 Å². The lowest BCUT2D eigenvalue weighted by atomic mass is 10.2. The normalized spacial score (nSPS) is 11.4. The second-order valence-electron chi connectivity index (χ2n) is 3.86. The second kappa shape index (κ2) is 7.11. The van der Waals surface area contributed by atoms with Gasteiger partial charge in [-0.3, -0.25) is 0 Å². The van der Waals surface area contributed by atoms with Crippen LogP contribution in [0.1, 0.15) is 12.0 Å². The Morgan fingerprint density at radius 3 is 2.61 bits per heavy atom. The van der Waals surface area contributed by atoms with E-state index >= 15 is 0 Å². The van der Waals surface area contributed by atoms with Crippen LogP contribution in [0, 0.1) is 11.3 Å². The molecule has 0 spiro atoms. The van der Waals surface area contributed by atoms with Gasteiger partial charge in [-0.25, -0.2) is 4.72 Å². The molecule has 1 N–H and O–H groups in total. The number of hydrogen-bond donors (Lipinski definition) is 1. The highest BCUT2D eigenvalue weighted by Gasteiger charge is 2.15. The van der Waals surface area contributed by atoms with Crippen molar-refractivity contribution in [3.63, 3.8) is 0 Å². The van der Waals surface area contributed by atoms with Gasteiger partial charge in [-0.15, -0.1) is 0 Å². The highest BCUT2D eigenvalue weighted by Crippen LogP contribution is 2.00. The van der Waals surface area contributed by atoms with Crippen molar-refractivity contribution in [1.29, 1.82) is 5.26 Å². The summed E-state index contributed by atoms with van der Waals surface area (Å²) < 4.78 is 27.1. The van der Waals surface area contributed by atoms with Crippen molar-refractivity contribution in [3.8, 4) is 6.07 Å². The third kappa shape index (κ3) is 4.84. The Morgan fingerprint density at radius 2 is 2.00 bits per heavy atom. The van der Waals surface area contributed by atoms with Gasteiger partial charge in [-0.2, -0.15) is 18.0 Å². The fourth-order valence-electron chi connectivity index (χ4n) is 1.41. The number of nitrogens with one attached hydrogen (secondary N) is 1. The summed E-state index contributed by atoms with van der Waals surface area (Å²) in [5.41, 5.74) is 1.08. The van der Waals surface area contributed by atoms with Crippen LogP contribution in [0.15, 0.2) is 30.3 Å². The molecule has 0 unspecified atom stereocenters. The molecule has 0 amide bonds. The molecule has 1 aromatic carbocycles. The fraction of sp³-hybridized carbons (Fsp3) is 0.417. The lowest BCUT2D eigenvalue weighted by Gasteiger charge is -2.16. The Balaban J connectivity index is 2.40. The lowest BCUT2D eigenvalue weighted by Crippen LogP contribution is -2.39. The van der Waals surface area contributed by atoms with Crippen LogP contribution in [0.25, 0.3) is 0 Å². The Kier molecular flexibility index (Phi) is 5.78. The van der Waals surface area contributed by atoms with Gasteiger partial charge < -0.3 is 0 Å². The average Bonchev–Trinajstić information content (AvgIpc) is 2.37. The van der Waals surface area contributed by atoms with Gasteiger partial charge in [0.15, 0.2) is 0 Å². The number of nitrogens with zero attached hydrogens (tertiary/aromatic N) is 2. The van der Waals surface area contributed by atoms with Crippen molar-refractivity contribution in [2.24, 2.45) is 0 Å². The van der Waals surface area contributed by atoms with E-state index < -0.39 is 10.2 Å². The van der Waals surface area contributed by atoms with E-state index in [9.17, 15) is 8.42 Å². The zero-order valence-corrected chi connectivity index (χ0v) is 11.2. The van der Waals surface area contributed by atoms with E-state index in [0.717, 1.165) is 9.87 Å². The zero-order chi connectivity index (χ0) is 13.4. The largest absolute Gasteiger partial charge is 0.279 e. The van der Waals surface area contributed by atoms with Crippen molar-refractivity contribution in [2.45, 2.75) is 12.8 Å². The molecule has 0 radical (unpaired) electrons. The molecule has 0 bridgehead atoms. The summed E-state index contributed by atoms with van der Waals surface area (Å²) in [6, 6.07) is 11.6. The zero-order valence-electron chi connectivity index (χ0n) is 10.3. The van der Waals surface area contributed by atoms with Crippen molar-refractivity contribution in [2.75, 3.05) is 20.1 Å². The van der Waals surface area contributed by atoms with Crippen LogP contribution in [-0.2, 0) is 16.6 Å². The minimum Gasteiger partial charge on any atom is -0.202 e. The van der Waals surface area contributed by atoms with Crippen molar-refractivity contribution in [3.05, 3.63) is 35.9 Å². The van der Waals surface area contributed by atoms with Gasteiger partial charge in [-0.1, -0.05) is 30.3 Å². The van der Waals surface area contributed by atoms with E-state index in [1.807, 2.05) is 36.4 Å². The lowest BCUT2D eigenvalue weighted by molar-refractivity contribution is 0.464. The van der Waals surface area contributed by atoms with Crippen molar-refractivity contribution in [1.82, 2.24) is 9.03 Å². The first kappa shape index (κ1) is 14.6. The van der Waals surface area contributed by atoms with Crippen LogP contribution in [0.3, 0.4) is 0 Å². The van der Waals surface area contributed by atoms with Gasteiger partial charge >= 0.3 is 0 Å². The topological polar surface area (TPSA) is 73.2 Å². The molecule has 0 saturated heterocycles. The molecule has 0 aliphatic carbocycles. The molecule has 1 aromatic rings. The molecular formula is C12H17N3O2S. The van der Waals surface area contributed by atoms with Crippen LogP contribution in [0.5, 0.6) is 0 Å². The molecule has 1 rings (SSSR count). The smallest absolute Gasteiger partial charge is 0.202 e. The van der Waals surface area contributed by atoms with Crippen LogP contribution in [0.4, 0.5) is 0 Å². The van der Waals surface area contributed by atoms with Gasteiger partial charge in [0.05, 0.1) is 6.07 Å². The molecule has 0 aliphatic rings. The minimum absolute atomic E-state index is 0.191. The van der Waals surface area contributed by atoms with E-state index in [0.29, 0.717) is 13.0 Å². The average molecular weight is 267 g/mol. The first-order valence-corrected chi connectivity index (χ1v) is 7.12. The van der Waals surface area contributed by atoms with Gasteiger partial charge in [0, 0.05) is 26.6 Å². The van der Waals surface area contributed by atoms with Gasteiger partial charge in [0.25, 0.3) is 10.2 Å². The predicted octanol–water partition coefficient (Wildman–Crippen LogP) is 0.909. The second-order valence-corrected chi connectivity index (χ2v) is 5.73. The van der Waals surface area contributed by atoms with E-state index in [1.54, 1.807) is 0 Å². The molecular weight excluding hydrogens is 250 g/mol. The number of hydrogen-bond acceptors (Lipinski definition) is 3. The van der Waals surface area contributed by atoms with E-state index in [4.69, 9.17) is 5.26 Å². The SMILES string of the molecule is CN(CCC#N)S(=O)(=O)NCCc1ccccc1. The minimum atomic E-state index is -3.47. The maximum Gasteiger partial charge on any atom is 0.279 e. The third-order valence-electron chi connectivity index (χ3n) is 2.49. The molecule has 6 heteroatoms. The Bertz CT molecular complexity index is 494.